The number of hydrogen-bond donors (Lipinski definition) is 2. The summed E-state index contributed by atoms with van der Waals surface area (Å²) < 4.78 is 5.53. The summed E-state index contributed by atoms with van der Waals surface area (Å²) >= 11 is 0. The molecule has 5 nitrogen and oxygen atoms in total. The molecule has 0 aliphatic carbocycles. The Labute approximate surface area is 117 Å². The van der Waals surface area contributed by atoms with Crippen molar-refractivity contribution >= 4 is 11.9 Å². The van der Waals surface area contributed by atoms with Crippen LogP contribution >= 0.6 is 0 Å². The maximum absolute atomic E-state index is 12.1. The zero-order valence-corrected chi connectivity index (χ0v) is 11.2. The molecular formula is C15H17NO4. The molecule has 1 heterocycles. The van der Waals surface area contributed by atoms with E-state index in [9.17, 15) is 9.59 Å². The van der Waals surface area contributed by atoms with Gasteiger partial charge in [-0.3, -0.25) is 4.79 Å². The summed E-state index contributed by atoms with van der Waals surface area (Å²) in [4.78, 5) is 23.2. The van der Waals surface area contributed by atoms with Gasteiger partial charge < -0.3 is 15.2 Å². The summed E-state index contributed by atoms with van der Waals surface area (Å²) in [5, 5.41) is 11.6. The highest BCUT2D eigenvalue weighted by Gasteiger charge is 2.31. The first-order valence-corrected chi connectivity index (χ1v) is 6.50. The second-order valence-electron chi connectivity index (χ2n) is 4.62. The Hall–Kier alpha value is -2.30. The monoisotopic (exact) mass is 275 g/mol. The number of fused-ring (bicyclic) bond motifs is 1. The van der Waals surface area contributed by atoms with Gasteiger partial charge in [-0.25, -0.2) is 4.79 Å². The van der Waals surface area contributed by atoms with Crippen molar-refractivity contribution in [1.82, 2.24) is 5.32 Å². The average molecular weight is 275 g/mol. The van der Waals surface area contributed by atoms with Crippen LogP contribution < -0.4 is 10.1 Å². The number of carbonyl (C=O) groups excluding carboxylic acids is 1. The predicted octanol–water partition coefficient (Wildman–Crippen LogP) is 1.53. The molecule has 1 amide bonds. The number of para-hydroxylation sites is 1. The van der Waals surface area contributed by atoms with Crippen LogP contribution in [-0.2, 0) is 16.0 Å². The minimum Gasteiger partial charge on any atom is -0.480 e. The zero-order valence-electron chi connectivity index (χ0n) is 11.2. The van der Waals surface area contributed by atoms with E-state index < -0.39 is 24.0 Å². The third-order valence-corrected chi connectivity index (χ3v) is 3.16. The van der Waals surface area contributed by atoms with Crippen molar-refractivity contribution in [3.8, 4) is 5.75 Å². The number of amides is 1. The molecule has 2 rings (SSSR count). The van der Waals surface area contributed by atoms with Gasteiger partial charge in [-0.1, -0.05) is 30.4 Å². The highest BCUT2D eigenvalue weighted by Crippen LogP contribution is 2.28. The number of carbonyl (C=O) groups is 2. The molecule has 0 saturated carbocycles. The van der Waals surface area contributed by atoms with E-state index >= 15 is 0 Å². The first-order valence-electron chi connectivity index (χ1n) is 6.50. The molecule has 0 bridgehead atoms. The largest absolute Gasteiger partial charge is 0.480 e. The number of hydrogen-bond acceptors (Lipinski definition) is 3. The SMILES string of the molecule is C/C=C/CC(NC(=O)C1Cc2ccccc2O1)C(=O)O. The molecule has 2 atom stereocenters. The van der Waals surface area contributed by atoms with Crippen LogP contribution in [0.15, 0.2) is 36.4 Å². The second kappa shape index (κ2) is 6.23. The summed E-state index contributed by atoms with van der Waals surface area (Å²) in [6, 6.07) is 6.50. The molecule has 1 aromatic rings. The number of carboxylic acid groups (broad SMARTS) is 1. The lowest BCUT2D eigenvalue weighted by molar-refractivity contribution is -0.142. The number of nitrogens with one attached hydrogen (secondary N) is 1. The molecule has 2 unspecified atom stereocenters. The number of rotatable bonds is 5. The van der Waals surface area contributed by atoms with Crippen LogP contribution in [0.25, 0.3) is 0 Å². The third-order valence-electron chi connectivity index (χ3n) is 3.16. The summed E-state index contributed by atoms with van der Waals surface area (Å²) in [6.07, 6.45) is 3.54. The smallest absolute Gasteiger partial charge is 0.326 e. The van der Waals surface area contributed by atoms with Gasteiger partial charge in [0.25, 0.3) is 5.91 Å². The van der Waals surface area contributed by atoms with Crippen LogP contribution in [0.1, 0.15) is 18.9 Å². The molecule has 0 fully saturated rings. The van der Waals surface area contributed by atoms with E-state index in [4.69, 9.17) is 9.84 Å². The summed E-state index contributed by atoms with van der Waals surface area (Å²) in [5.41, 5.74) is 0.966. The fourth-order valence-electron chi connectivity index (χ4n) is 2.09. The van der Waals surface area contributed by atoms with E-state index in [1.807, 2.05) is 18.2 Å². The summed E-state index contributed by atoms with van der Waals surface area (Å²) in [6.45, 7) is 1.80. The van der Waals surface area contributed by atoms with Gasteiger partial charge in [0.05, 0.1) is 0 Å². The molecule has 1 aliphatic heterocycles. The van der Waals surface area contributed by atoms with Crippen LogP contribution in [-0.4, -0.2) is 29.1 Å². The van der Waals surface area contributed by atoms with Crippen molar-refractivity contribution in [2.45, 2.75) is 31.9 Å². The van der Waals surface area contributed by atoms with Gasteiger partial charge in [0, 0.05) is 6.42 Å². The van der Waals surface area contributed by atoms with Crippen LogP contribution in [0.2, 0.25) is 0 Å². The van der Waals surface area contributed by atoms with E-state index in [2.05, 4.69) is 5.32 Å². The Morgan fingerprint density at radius 2 is 2.25 bits per heavy atom. The van der Waals surface area contributed by atoms with Crippen LogP contribution in [0.3, 0.4) is 0 Å². The summed E-state index contributed by atoms with van der Waals surface area (Å²) in [5.74, 6) is -0.752. The Morgan fingerprint density at radius 1 is 1.50 bits per heavy atom. The van der Waals surface area contributed by atoms with Crippen LogP contribution in [0.5, 0.6) is 5.75 Å². The van der Waals surface area contributed by atoms with Gasteiger partial charge in [0.15, 0.2) is 6.10 Å². The maximum Gasteiger partial charge on any atom is 0.326 e. The lowest BCUT2D eigenvalue weighted by Crippen LogP contribution is -2.46. The molecule has 106 valence electrons. The van der Waals surface area contributed by atoms with Crippen molar-refractivity contribution in [3.05, 3.63) is 42.0 Å². The Bertz CT molecular complexity index is 513. The molecule has 5 heteroatoms. The molecular weight excluding hydrogens is 258 g/mol. The maximum atomic E-state index is 12.1. The average Bonchev–Trinajstić information content (AvgIpc) is 2.86. The molecule has 0 radical (unpaired) electrons. The van der Waals surface area contributed by atoms with E-state index in [1.54, 1.807) is 25.1 Å². The lowest BCUT2D eigenvalue weighted by atomic mass is 10.1. The number of benzene rings is 1. The second-order valence-corrected chi connectivity index (χ2v) is 4.62. The topological polar surface area (TPSA) is 75.6 Å². The molecule has 1 aromatic carbocycles. The minimum atomic E-state index is -1.05. The standard InChI is InChI=1S/C15H17NO4/c1-2-3-7-11(15(18)19)16-14(17)13-9-10-6-4-5-8-12(10)20-13/h2-6,8,11,13H,7,9H2,1H3,(H,16,17)(H,18,19)/b3-2+. The number of aliphatic carboxylic acids is 1. The van der Waals surface area contributed by atoms with E-state index in [-0.39, 0.29) is 6.42 Å². The van der Waals surface area contributed by atoms with Crippen molar-refractivity contribution in [2.24, 2.45) is 0 Å². The molecule has 0 spiro atoms. The molecule has 0 saturated heterocycles. The van der Waals surface area contributed by atoms with Crippen molar-refractivity contribution in [3.63, 3.8) is 0 Å². The third kappa shape index (κ3) is 3.17. The fraction of sp³-hybridized carbons (Fsp3) is 0.333. The fourth-order valence-corrected chi connectivity index (χ4v) is 2.09. The van der Waals surface area contributed by atoms with Crippen molar-refractivity contribution in [1.29, 1.82) is 0 Å². The van der Waals surface area contributed by atoms with Gasteiger partial charge in [0.1, 0.15) is 11.8 Å². The molecule has 1 aliphatic rings. The zero-order chi connectivity index (χ0) is 14.5. The predicted molar refractivity (Wildman–Crippen MR) is 73.6 cm³/mol. The van der Waals surface area contributed by atoms with Crippen molar-refractivity contribution in [2.75, 3.05) is 0 Å². The van der Waals surface area contributed by atoms with E-state index in [1.165, 1.54) is 0 Å². The van der Waals surface area contributed by atoms with Crippen LogP contribution in [0, 0.1) is 0 Å². The lowest BCUT2D eigenvalue weighted by Gasteiger charge is -2.16. The highest BCUT2D eigenvalue weighted by atomic mass is 16.5. The Morgan fingerprint density at radius 3 is 2.90 bits per heavy atom. The van der Waals surface area contributed by atoms with Crippen molar-refractivity contribution < 1.29 is 19.4 Å². The first kappa shape index (κ1) is 14.1. The normalized spacial score (nSPS) is 18.4. The van der Waals surface area contributed by atoms with E-state index in [0.29, 0.717) is 12.2 Å². The summed E-state index contributed by atoms with van der Waals surface area (Å²) in [7, 11) is 0. The number of ether oxygens (including phenoxy) is 1. The molecule has 2 N–H and O–H groups in total. The minimum absolute atomic E-state index is 0.261. The quantitative estimate of drug-likeness (QED) is 0.799. The number of allylic oxidation sites excluding steroid dienone is 1. The van der Waals surface area contributed by atoms with Crippen LogP contribution in [0.4, 0.5) is 0 Å². The highest BCUT2D eigenvalue weighted by molar-refractivity contribution is 5.87. The first-order chi connectivity index (χ1) is 9.61. The Balaban J connectivity index is 1.97. The van der Waals surface area contributed by atoms with Gasteiger partial charge in [-0.15, -0.1) is 0 Å². The van der Waals surface area contributed by atoms with E-state index in [0.717, 1.165) is 5.56 Å². The molecule has 0 aromatic heterocycles. The van der Waals surface area contributed by atoms with Gasteiger partial charge in [0.2, 0.25) is 0 Å². The van der Waals surface area contributed by atoms with Gasteiger partial charge >= 0.3 is 5.97 Å². The van der Waals surface area contributed by atoms with Gasteiger partial charge in [-0.2, -0.15) is 0 Å². The number of carboxylic acids is 1. The molecule has 20 heavy (non-hydrogen) atoms. The Kier molecular flexibility index (Phi) is 4.40. The van der Waals surface area contributed by atoms with Gasteiger partial charge in [-0.05, 0) is 25.0 Å².